The van der Waals surface area contributed by atoms with Crippen LogP contribution in [0.15, 0.2) is 78.6 Å². The highest BCUT2D eigenvalue weighted by Crippen LogP contribution is 2.36. The minimum Gasteiger partial charge on any atom is -0.449 e. The van der Waals surface area contributed by atoms with E-state index in [1.54, 1.807) is 23.1 Å². The third-order valence-corrected chi connectivity index (χ3v) is 6.82. The molecule has 0 spiro atoms. The molecule has 1 heterocycles. The predicted octanol–water partition coefficient (Wildman–Crippen LogP) is 6.55. The number of benzene rings is 3. The first-order valence-corrected chi connectivity index (χ1v) is 14.0. The molecule has 0 fully saturated rings. The van der Waals surface area contributed by atoms with Crippen LogP contribution < -0.4 is 15.0 Å². The zero-order chi connectivity index (χ0) is 27.6. The van der Waals surface area contributed by atoms with E-state index in [9.17, 15) is 9.59 Å². The number of para-hydroxylation sites is 2. The average Bonchev–Trinajstić information content (AvgIpc) is 2.95. The van der Waals surface area contributed by atoms with Crippen LogP contribution in [0.5, 0.6) is 5.75 Å². The van der Waals surface area contributed by atoms with Crippen LogP contribution in [0.3, 0.4) is 0 Å². The molecule has 1 aliphatic heterocycles. The molecule has 0 radical (unpaired) electrons. The summed E-state index contributed by atoms with van der Waals surface area (Å²) in [6, 6.07) is 22.1. The normalized spacial score (nSPS) is 13.9. The third kappa shape index (κ3) is 7.71. The van der Waals surface area contributed by atoms with Gasteiger partial charge in [-0.05, 0) is 92.5 Å². The summed E-state index contributed by atoms with van der Waals surface area (Å²) >= 11 is 6.04. The first kappa shape index (κ1) is 28.4. The van der Waals surface area contributed by atoms with Crippen LogP contribution in [0.1, 0.15) is 54.6 Å². The lowest BCUT2D eigenvalue weighted by molar-refractivity contribution is -0.117. The molecule has 1 aliphatic rings. The predicted molar refractivity (Wildman–Crippen MR) is 158 cm³/mol. The van der Waals surface area contributed by atoms with Crippen molar-refractivity contribution in [2.75, 3.05) is 31.1 Å². The van der Waals surface area contributed by atoms with E-state index >= 15 is 0 Å². The van der Waals surface area contributed by atoms with Crippen molar-refractivity contribution >= 4 is 35.2 Å². The lowest BCUT2D eigenvalue weighted by Crippen LogP contribution is -2.36. The summed E-state index contributed by atoms with van der Waals surface area (Å²) in [4.78, 5) is 30.2. The number of hydrogen-bond acceptors (Lipinski definition) is 4. The second kappa shape index (κ2) is 14.0. The molecule has 3 aromatic carbocycles. The second-order valence-corrected chi connectivity index (χ2v) is 10.1. The fraction of sp³-hybridized carbons (Fsp3) is 0.312. The summed E-state index contributed by atoms with van der Waals surface area (Å²) in [5.41, 5.74) is 3.04. The number of halogens is 1. The SMILES string of the molecule is CCCN(CCC)CCCNC(=O)c1ccc(/C=C2\Oc3ccccc3N(Cc3ccc(Cl)cc3)C2=O)cc1. The number of anilines is 1. The number of carbonyl (C=O) groups is 2. The zero-order valence-corrected chi connectivity index (χ0v) is 23.4. The van der Waals surface area contributed by atoms with Gasteiger partial charge in [-0.25, -0.2) is 0 Å². The van der Waals surface area contributed by atoms with Gasteiger partial charge < -0.3 is 15.0 Å². The Morgan fingerprint density at radius 3 is 2.33 bits per heavy atom. The summed E-state index contributed by atoms with van der Waals surface area (Å²) in [6.45, 7) is 8.58. The standard InChI is InChI=1S/C32H36ClN3O3/c1-3-19-35(20-4-2)21-7-18-34-31(37)26-14-10-24(11-15-26)22-30-32(38)36(23-25-12-16-27(33)17-13-25)28-8-5-6-9-29(28)39-30/h5-6,8-17,22H,3-4,7,18-21,23H2,1-2H3,(H,34,37)/b30-22-. The number of ether oxygens (including phenoxy) is 1. The van der Waals surface area contributed by atoms with E-state index in [2.05, 4.69) is 24.1 Å². The molecule has 0 saturated carbocycles. The number of nitrogens with one attached hydrogen (secondary N) is 1. The van der Waals surface area contributed by atoms with Gasteiger partial charge in [0, 0.05) is 17.1 Å². The molecule has 0 bridgehead atoms. The third-order valence-electron chi connectivity index (χ3n) is 6.57. The minimum atomic E-state index is -0.231. The molecule has 0 aliphatic carbocycles. The maximum atomic E-state index is 13.5. The lowest BCUT2D eigenvalue weighted by Gasteiger charge is -2.30. The van der Waals surface area contributed by atoms with E-state index in [4.69, 9.17) is 16.3 Å². The number of carbonyl (C=O) groups excluding carboxylic acids is 2. The van der Waals surface area contributed by atoms with Gasteiger partial charge in [-0.2, -0.15) is 0 Å². The summed E-state index contributed by atoms with van der Waals surface area (Å²) in [5, 5.41) is 3.66. The van der Waals surface area contributed by atoms with Gasteiger partial charge in [0.05, 0.1) is 12.2 Å². The number of amides is 2. The molecule has 0 saturated heterocycles. The Morgan fingerprint density at radius 1 is 0.949 bits per heavy atom. The van der Waals surface area contributed by atoms with Gasteiger partial charge in [-0.1, -0.05) is 61.8 Å². The minimum absolute atomic E-state index is 0.0974. The van der Waals surface area contributed by atoms with Crippen LogP contribution in [0, 0.1) is 0 Å². The Balaban J connectivity index is 1.41. The van der Waals surface area contributed by atoms with Crippen molar-refractivity contribution in [2.45, 2.75) is 39.7 Å². The largest absolute Gasteiger partial charge is 0.449 e. The van der Waals surface area contributed by atoms with Gasteiger partial charge >= 0.3 is 0 Å². The van der Waals surface area contributed by atoms with Crippen LogP contribution in [-0.4, -0.2) is 42.9 Å². The van der Waals surface area contributed by atoms with Gasteiger partial charge in [-0.15, -0.1) is 0 Å². The van der Waals surface area contributed by atoms with Crippen LogP contribution in [-0.2, 0) is 11.3 Å². The molecule has 7 heteroatoms. The lowest BCUT2D eigenvalue weighted by atomic mass is 10.1. The van der Waals surface area contributed by atoms with E-state index in [1.165, 1.54) is 0 Å². The molecule has 2 amide bonds. The first-order valence-electron chi connectivity index (χ1n) is 13.6. The Hall–Kier alpha value is -3.61. The van der Waals surface area contributed by atoms with Crippen LogP contribution >= 0.6 is 11.6 Å². The number of hydrogen-bond donors (Lipinski definition) is 1. The smallest absolute Gasteiger partial charge is 0.294 e. The molecule has 1 N–H and O–H groups in total. The molecule has 3 aromatic rings. The van der Waals surface area contributed by atoms with E-state index < -0.39 is 0 Å². The van der Waals surface area contributed by atoms with Gasteiger partial charge in [0.2, 0.25) is 0 Å². The quantitative estimate of drug-likeness (QED) is 0.207. The molecule has 0 aromatic heterocycles. The van der Waals surface area contributed by atoms with Gasteiger partial charge in [0.15, 0.2) is 11.5 Å². The van der Waals surface area contributed by atoms with E-state index in [-0.39, 0.29) is 17.6 Å². The maximum Gasteiger partial charge on any atom is 0.294 e. The summed E-state index contributed by atoms with van der Waals surface area (Å²) < 4.78 is 6.00. The monoisotopic (exact) mass is 545 g/mol. The summed E-state index contributed by atoms with van der Waals surface area (Å²) in [5.74, 6) is 0.513. The van der Waals surface area contributed by atoms with Gasteiger partial charge in [-0.3, -0.25) is 14.5 Å². The highest BCUT2D eigenvalue weighted by Gasteiger charge is 2.30. The Morgan fingerprint density at radius 2 is 1.64 bits per heavy atom. The second-order valence-electron chi connectivity index (χ2n) is 9.67. The van der Waals surface area contributed by atoms with E-state index in [0.717, 1.165) is 50.0 Å². The van der Waals surface area contributed by atoms with Crippen molar-refractivity contribution in [3.8, 4) is 5.75 Å². The molecule has 0 atom stereocenters. The summed E-state index contributed by atoms with van der Waals surface area (Å²) in [7, 11) is 0. The fourth-order valence-electron chi connectivity index (χ4n) is 4.65. The van der Waals surface area contributed by atoms with E-state index in [1.807, 2.05) is 60.7 Å². The Kier molecular flexibility index (Phi) is 10.2. The Labute approximate surface area is 236 Å². The first-order chi connectivity index (χ1) is 19.0. The molecule has 6 nitrogen and oxygen atoms in total. The highest BCUT2D eigenvalue weighted by atomic mass is 35.5. The molecule has 0 unspecified atom stereocenters. The number of fused-ring (bicyclic) bond motifs is 1. The van der Waals surface area contributed by atoms with Crippen molar-refractivity contribution in [2.24, 2.45) is 0 Å². The van der Waals surface area contributed by atoms with Crippen LogP contribution in [0.25, 0.3) is 6.08 Å². The topological polar surface area (TPSA) is 61.9 Å². The van der Waals surface area contributed by atoms with Crippen LogP contribution in [0.4, 0.5) is 5.69 Å². The van der Waals surface area contributed by atoms with Crippen molar-refractivity contribution in [3.63, 3.8) is 0 Å². The molecule has 39 heavy (non-hydrogen) atoms. The van der Waals surface area contributed by atoms with Crippen LogP contribution in [0.2, 0.25) is 5.02 Å². The van der Waals surface area contributed by atoms with Crippen molar-refractivity contribution in [3.05, 3.63) is 100 Å². The zero-order valence-electron chi connectivity index (χ0n) is 22.7. The molecule has 4 rings (SSSR count). The van der Waals surface area contributed by atoms with Crippen molar-refractivity contribution < 1.29 is 14.3 Å². The number of rotatable bonds is 12. The van der Waals surface area contributed by atoms with Gasteiger partial charge in [0.1, 0.15) is 0 Å². The molecular formula is C32H36ClN3O3. The molecular weight excluding hydrogens is 510 g/mol. The van der Waals surface area contributed by atoms with Crippen molar-refractivity contribution in [1.29, 1.82) is 0 Å². The van der Waals surface area contributed by atoms with E-state index in [0.29, 0.717) is 35.1 Å². The highest BCUT2D eigenvalue weighted by molar-refractivity contribution is 6.30. The van der Waals surface area contributed by atoms with Gasteiger partial charge in [0.25, 0.3) is 11.8 Å². The maximum absolute atomic E-state index is 13.5. The molecule has 204 valence electrons. The summed E-state index contributed by atoms with van der Waals surface area (Å²) in [6.07, 6.45) is 4.91. The van der Waals surface area contributed by atoms with Crippen molar-refractivity contribution in [1.82, 2.24) is 10.2 Å². The average molecular weight is 546 g/mol. The Bertz CT molecular complexity index is 1280. The fourth-order valence-corrected chi connectivity index (χ4v) is 4.77. The number of nitrogens with zero attached hydrogens (tertiary/aromatic N) is 2.